The summed E-state index contributed by atoms with van der Waals surface area (Å²) in [5.41, 5.74) is 2.25. The van der Waals surface area contributed by atoms with Gasteiger partial charge in [0.25, 0.3) is 0 Å². The van der Waals surface area contributed by atoms with Crippen LogP contribution in [0.1, 0.15) is 46.1 Å². The van der Waals surface area contributed by atoms with Gasteiger partial charge in [0.1, 0.15) is 16.4 Å². The number of hydrogen-bond donors (Lipinski definition) is 1. The summed E-state index contributed by atoms with van der Waals surface area (Å²) in [5, 5.41) is 6.54. The topological polar surface area (TPSA) is 33.6 Å². The van der Waals surface area contributed by atoms with Crippen molar-refractivity contribution >= 4 is 60.4 Å². The summed E-state index contributed by atoms with van der Waals surface area (Å²) in [6.45, 7) is 11.7. The number of aliphatic imine (C=N–C) groups is 1. The van der Waals surface area contributed by atoms with Gasteiger partial charge in [0.15, 0.2) is 8.07 Å². The summed E-state index contributed by atoms with van der Waals surface area (Å²) >= 11 is -1.62. The Morgan fingerprint density at radius 3 is 1.84 bits per heavy atom. The molecule has 0 spiro atoms. The van der Waals surface area contributed by atoms with Crippen molar-refractivity contribution in [2.24, 2.45) is 10.4 Å². The first-order chi connectivity index (χ1) is 17.7. The van der Waals surface area contributed by atoms with E-state index in [1.54, 1.807) is 0 Å². The van der Waals surface area contributed by atoms with E-state index in [2.05, 4.69) is 118 Å². The molecule has 4 rings (SSSR count). The minimum atomic E-state index is -1.62. The van der Waals surface area contributed by atoms with Crippen molar-refractivity contribution in [1.82, 2.24) is 5.09 Å². The number of benzene rings is 3. The zero-order chi connectivity index (χ0) is 27.1. The van der Waals surface area contributed by atoms with Gasteiger partial charge in [-0.05, 0) is 42.3 Å². The second kappa shape index (κ2) is 17.5. The summed E-state index contributed by atoms with van der Waals surface area (Å²) in [6, 6.07) is 29.9. The molecular weight excluding hydrogens is 582 g/mol. The average Bonchev–Trinajstić information content (AvgIpc) is 3.47. The van der Waals surface area contributed by atoms with Crippen molar-refractivity contribution in [3.05, 3.63) is 97.1 Å². The van der Waals surface area contributed by atoms with Crippen LogP contribution in [0.4, 0.5) is 5.69 Å². The molecule has 0 atom stereocenters. The minimum absolute atomic E-state index is 0.0830. The fraction of sp³-hybridized carbons (Fsp3) is 0.310. The number of rotatable bonds is 5. The number of ether oxygens (including phenoxy) is 1. The van der Waals surface area contributed by atoms with Gasteiger partial charge in [-0.2, -0.15) is 6.42 Å². The summed E-state index contributed by atoms with van der Waals surface area (Å²) < 4.78 is 4.82. The molecule has 0 bridgehead atoms. The molecule has 0 amide bonds. The van der Waals surface area contributed by atoms with Crippen LogP contribution < -0.4 is 15.7 Å². The molecule has 1 saturated heterocycles. The van der Waals surface area contributed by atoms with Crippen LogP contribution in [0.2, 0.25) is 0 Å². The van der Waals surface area contributed by atoms with Gasteiger partial charge < -0.3 is 4.74 Å². The molecule has 200 valence electrons. The van der Waals surface area contributed by atoms with Crippen molar-refractivity contribution in [1.29, 1.82) is 0 Å². The Kier molecular flexibility index (Phi) is 15.2. The molecule has 1 heterocycles. The molecule has 0 radical (unpaired) electrons. The van der Waals surface area contributed by atoms with Crippen molar-refractivity contribution in [2.45, 2.75) is 47.0 Å². The quantitative estimate of drug-likeness (QED) is 0.134. The maximum atomic E-state index is 5.12. The molecule has 8 heteroatoms. The monoisotopic (exact) mass is 617 g/mol. The SMILES string of the molecule is CCc1ccccc1N=C(N[PH+](c1ccccc1)c1ccccc1)C(C)(C)C.[CH-]1CCCO1.[Cl][Cr+]([Cl])[Cl]. The van der Waals surface area contributed by atoms with E-state index in [1.807, 2.05) is 6.61 Å². The number of hydrogen-bond acceptors (Lipinski definition) is 2. The second-order valence-corrected chi connectivity index (χ2v) is 17.8. The van der Waals surface area contributed by atoms with E-state index in [9.17, 15) is 0 Å². The van der Waals surface area contributed by atoms with Gasteiger partial charge in [0.2, 0.25) is 0 Å². The van der Waals surface area contributed by atoms with E-state index in [0.717, 1.165) is 31.0 Å². The third-order valence-corrected chi connectivity index (χ3v) is 7.69. The van der Waals surface area contributed by atoms with Crippen molar-refractivity contribution in [3.63, 3.8) is 0 Å². The predicted molar refractivity (Wildman–Crippen MR) is 163 cm³/mol. The molecule has 0 saturated carbocycles. The average molecular weight is 619 g/mol. The van der Waals surface area contributed by atoms with Crippen molar-refractivity contribution in [3.8, 4) is 0 Å². The Balaban J connectivity index is 0.000000454. The van der Waals surface area contributed by atoms with Gasteiger partial charge >= 0.3 is 41.5 Å². The first-order valence-electron chi connectivity index (χ1n) is 12.3. The summed E-state index contributed by atoms with van der Waals surface area (Å²) in [6.07, 6.45) is 3.35. The van der Waals surface area contributed by atoms with E-state index in [-0.39, 0.29) is 5.41 Å². The third kappa shape index (κ3) is 12.5. The molecule has 3 aromatic carbocycles. The van der Waals surface area contributed by atoms with Crippen molar-refractivity contribution in [2.75, 3.05) is 6.61 Å². The number of para-hydroxylation sites is 1. The molecule has 1 N–H and O–H groups in total. The molecule has 3 aromatic rings. The first kappa shape index (κ1) is 32.1. The van der Waals surface area contributed by atoms with Crippen LogP contribution in [0.3, 0.4) is 0 Å². The van der Waals surface area contributed by atoms with Gasteiger partial charge in [-0.25, -0.2) is 16.7 Å². The molecule has 0 aliphatic carbocycles. The van der Waals surface area contributed by atoms with E-state index in [4.69, 9.17) is 39.9 Å². The Morgan fingerprint density at radius 2 is 1.43 bits per heavy atom. The van der Waals surface area contributed by atoms with Crippen LogP contribution in [0.25, 0.3) is 0 Å². The Morgan fingerprint density at radius 1 is 0.919 bits per heavy atom. The summed E-state index contributed by atoms with van der Waals surface area (Å²) in [5.74, 6) is 1.04. The number of amidine groups is 1. The number of nitrogens with one attached hydrogen (secondary N) is 1. The van der Waals surface area contributed by atoms with Crippen LogP contribution in [0.5, 0.6) is 0 Å². The van der Waals surface area contributed by atoms with Gasteiger partial charge in [-0.3, -0.25) is 0 Å². The molecule has 1 aliphatic heterocycles. The normalized spacial score (nSPS) is 13.5. The molecule has 3 nitrogen and oxygen atoms in total. The van der Waals surface area contributed by atoms with Crippen LogP contribution in [-0.2, 0) is 22.5 Å². The molecule has 1 fully saturated rings. The molecule has 0 unspecified atom stereocenters. The fourth-order valence-electron chi connectivity index (χ4n) is 3.48. The molecule has 0 aromatic heterocycles. The standard InChI is InChI=1S/C25H29N2P.C4H7O.3ClH.Cr/c1-5-20-14-12-13-19-23(20)26-24(25(2,3)4)27-28(21-15-8-6-9-16-21)22-17-10-7-11-18-22;1-2-4-5-3-1;;;;/h6-19H,5H2,1-4H3,(H,26,27);3H,1-2,4H2;3*1H;/q;-1;;;;+4/p-2. The van der Waals surface area contributed by atoms with Gasteiger partial charge in [-0.1, -0.05) is 88.7 Å². The summed E-state index contributed by atoms with van der Waals surface area (Å²) in [7, 11) is 13.6. The Bertz CT molecular complexity index is 1010. The third-order valence-electron chi connectivity index (χ3n) is 5.39. The zero-order valence-electron chi connectivity index (χ0n) is 21.9. The van der Waals surface area contributed by atoms with Crippen LogP contribution in [-0.4, -0.2) is 12.4 Å². The zero-order valence-corrected chi connectivity index (χ0v) is 26.4. The van der Waals surface area contributed by atoms with E-state index in [1.165, 1.54) is 22.6 Å². The number of halogens is 3. The van der Waals surface area contributed by atoms with Gasteiger partial charge in [0, 0.05) is 12.0 Å². The van der Waals surface area contributed by atoms with E-state index in [0.29, 0.717) is 0 Å². The number of nitrogens with zero attached hydrogens (tertiary/aromatic N) is 1. The summed E-state index contributed by atoms with van der Waals surface area (Å²) in [4.78, 5) is 5.12. The van der Waals surface area contributed by atoms with Gasteiger partial charge in [-0.15, -0.1) is 0 Å². The van der Waals surface area contributed by atoms with Crippen LogP contribution in [0.15, 0.2) is 89.9 Å². The maximum absolute atomic E-state index is 5.12. The van der Waals surface area contributed by atoms with Crippen molar-refractivity contribution < 1.29 is 16.1 Å². The molecule has 1 aliphatic rings. The Labute approximate surface area is 241 Å². The molecular formula is C29H37Cl3CrN2OP+. The number of aryl methyl sites for hydroxylation is 1. The molecule has 37 heavy (non-hydrogen) atoms. The van der Waals surface area contributed by atoms with Gasteiger partial charge in [0.05, 0.1) is 5.69 Å². The van der Waals surface area contributed by atoms with Crippen LogP contribution >= 0.6 is 38.2 Å². The van der Waals surface area contributed by atoms with E-state index < -0.39 is 19.5 Å². The van der Waals surface area contributed by atoms with E-state index >= 15 is 0 Å². The van der Waals surface area contributed by atoms with Crippen LogP contribution in [0, 0.1) is 12.0 Å². The Hall–Kier alpha value is -1.08. The fourth-order valence-corrected chi connectivity index (χ4v) is 5.82. The first-order valence-corrected chi connectivity index (χ1v) is 19.1. The second-order valence-electron chi connectivity index (χ2n) is 9.28. The predicted octanol–water partition coefficient (Wildman–Crippen LogP) is 8.72.